The van der Waals surface area contributed by atoms with Crippen molar-refractivity contribution in [3.8, 4) is 5.75 Å². The van der Waals surface area contributed by atoms with Crippen LogP contribution in [0.5, 0.6) is 5.75 Å². The summed E-state index contributed by atoms with van der Waals surface area (Å²) < 4.78 is 5.80. The van der Waals surface area contributed by atoms with E-state index in [1.807, 2.05) is 32.0 Å². The van der Waals surface area contributed by atoms with E-state index in [0.717, 1.165) is 12.2 Å². The Balaban J connectivity index is 2.70. The third-order valence-electron chi connectivity index (χ3n) is 2.80. The highest BCUT2D eigenvalue weighted by Crippen LogP contribution is 2.19. The van der Waals surface area contributed by atoms with Crippen molar-refractivity contribution in [2.24, 2.45) is 10.9 Å². The topological polar surface area (TPSA) is 67.8 Å². The third-order valence-corrected chi connectivity index (χ3v) is 2.80. The van der Waals surface area contributed by atoms with Crippen molar-refractivity contribution in [1.29, 1.82) is 0 Å². The number of nitrogens with zero attached hydrogens (tertiary/aromatic N) is 1. The van der Waals surface area contributed by atoms with Crippen LogP contribution >= 0.6 is 0 Å². The molecule has 1 atom stereocenters. The van der Waals surface area contributed by atoms with E-state index in [0.29, 0.717) is 6.42 Å². The summed E-state index contributed by atoms with van der Waals surface area (Å²) in [6, 6.07) is 5.97. The molecule has 17 heavy (non-hydrogen) atoms. The summed E-state index contributed by atoms with van der Waals surface area (Å²) in [5.74, 6) is 1.02. The van der Waals surface area contributed by atoms with Crippen molar-refractivity contribution in [3.63, 3.8) is 0 Å². The normalized spacial score (nSPS) is 13.5. The van der Waals surface area contributed by atoms with Gasteiger partial charge in [0.15, 0.2) is 0 Å². The molecule has 0 spiro atoms. The number of benzene rings is 1. The first-order chi connectivity index (χ1) is 8.06. The Morgan fingerprint density at radius 1 is 1.41 bits per heavy atom. The van der Waals surface area contributed by atoms with Crippen LogP contribution in [0.2, 0.25) is 0 Å². The summed E-state index contributed by atoms with van der Waals surface area (Å²) in [6.07, 6.45) is 1.18. The highest BCUT2D eigenvalue weighted by atomic mass is 16.5. The number of hydrogen-bond donors (Lipinski definition) is 2. The first kappa shape index (κ1) is 13.4. The van der Waals surface area contributed by atoms with Crippen LogP contribution in [0.3, 0.4) is 0 Å². The number of hydrogen-bond acceptors (Lipinski definition) is 3. The monoisotopic (exact) mass is 236 g/mol. The Labute approximate surface area is 102 Å². The maximum Gasteiger partial charge on any atom is 0.142 e. The zero-order valence-corrected chi connectivity index (χ0v) is 10.6. The molecule has 0 fully saturated rings. The van der Waals surface area contributed by atoms with Gasteiger partial charge in [-0.25, -0.2) is 0 Å². The fraction of sp³-hybridized carbons (Fsp3) is 0.462. The second-order valence-electron chi connectivity index (χ2n) is 4.19. The molecule has 94 valence electrons. The van der Waals surface area contributed by atoms with Crippen LogP contribution in [0.4, 0.5) is 0 Å². The molecule has 1 aromatic carbocycles. The number of nitrogens with two attached hydrogens (primary N) is 1. The molecular weight excluding hydrogens is 216 g/mol. The molecule has 4 heteroatoms. The van der Waals surface area contributed by atoms with Gasteiger partial charge in [-0.3, -0.25) is 0 Å². The van der Waals surface area contributed by atoms with Crippen LogP contribution in [-0.2, 0) is 0 Å². The minimum atomic E-state index is -0.0620. The molecular formula is C13H20N2O2. The fourth-order valence-electron chi connectivity index (χ4n) is 1.52. The summed E-state index contributed by atoms with van der Waals surface area (Å²) >= 11 is 0. The van der Waals surface area contributed by atoms with Gasteiger partial charge in [0.25, 0.3) is 0 Å². The van der Waals surface area contributed by atoms with Gasteiger partial charge in [0.1, 0.15) is 17.7 Å². The van der Waals surface area contributed by atoms with Crippen molar-refractivity contribution >= 4 is 5.84 Å². The molecule has 0 bridgehead atoms. The number of ether oxygens (including phenoxy) is 1. The Kier molecular flexibility index (Phi) is 4.82. The number of amidine groups is 1. The highest BCUT2D eigenvalue weighted by molar-refractivity contribution is 5.80. The lowest BCUT2D eigenvalue weighted by Crippen LogP contribution is -2.24. The molecule has 0 radical (unpaired) electrons. The lowest BCUT2D eigenvalue weighted by atomic mass is 10.1. The van der Waals surface area contributed by atoms with E-state index >= 15 is 0 Å². The third kappa shape index (κ3) is 3.98. The molecule has 0 aliphatic carbocycles. The van der Waals surface area contributed by atoms with Gasteiger partial charge in [-0.2, -0.15) is 0 Å². The quantitative estimate of drug-likeness (QED) is 0.357. The van der Waals surface area contributed by atoms with Crippen LogP contribution in [0.1, 0.15) is 30.9 Å². The minimum Gasteiger partial charge on any atom is -0.490 e. The van der Waals surface area contributed by atoms with E-state index in [1.54, 1.807) is 0 Å². The minimum absolute atomic E-state index is 0.0620. The van der Waals surface area contributed by atoms with Gasteiger partial charge in [0.05, 0.1) is 0 Å². The van der Waals surface area contributed by atoms with Crippen molar-refractivity contribution in [1.82, 2.24) is 0 Å². The molecule has 3 N–H and O–H groups in total. The molecule has 0 aliphatic rings. The lowest BCUT2D eigenvalue weighted by molar-refractivity contribution is 0.202. The first-order valence-electron chi connectivity index (χ1n) is 5.77. The summed E-state index contributed by atoms with van der Waals surface area (Å²) in [6.45, 7) is 6.12. The molecule has 0 aromatic heterocycles. The van der Waals surface area contributed by atoms with Gasteiger partial charge in [-0.05, 0) is 43.5 Å². The van der Waals surface area contributed by atoms with Crippen molar-refractivity contribution in [3.05, 3.63) is 29.3 Å². The number of oxime groups is 1. The van der Waals surface area contributed by atoms with Crippen molar-refractivity contribution < 1.29 is 9.94 Å². The van der Waals surface area contributed by atoms with Gasteiger partial charge >= 0.3 is 0 Å². The molecule has 1 rings (SSSR count). The highest BCUT2D eigenvalue weighted by Gasteiger charge is 2.11. The summed E-state index contributed by atoms with van der Waals surface area (Å²) in [4.78, 5) is 0. The maximum absolute atomic E-state index is 8.53. The van der Waals surface area contributed by atoms with Crippen molar-refractivity contribution in [2.45, 2.75) is 39.7 Å². The largest absolute Gasteiger partial charge is 0.490 e. The summed E-state index contributed by atoms with van der Waals surface area (Å²) in [7, 11) is 0. The van der Waals surface area contributed by atoms with Gasteiger partial charge in [-0.1, -0.05) is 18.1 Å². The molecule has 0 amide bonds. The Bertz CT molecular complexity index is 402. The number of aryl methyl sites for hydroxylation is 2. The summed E-state index contributed by atoms with van der Waals surface area (Å²) in [5.41, 5.74) is 7.91. The molecule has 0 aliphatic heterocycles. The van der Waals surface area contributed by atoms with E-state index in [1.165, 1.54) is 11.1 Å². The van der Waals surface area contributed by atoms with E-state index < -0.39 is 0 Å². The molecule has 1 aromatic rings. The van der Waals surface area contributed by atoms with Gasteiger partial charge in [-0.15, -0.1) is 0 Å². The Morgan fingerprint density at radius 3 is 2.65 bits per heavy atom. The molecule has 4 nitrogen and oxygen atoms in total. The Hall–Kier alpha value is -1.71. The average Bonchev–Trinajstić information content (AvgIpc) is 2.32. The van der Waals surface area contributed by atoms with E-state index in [-0.39, 0.29) is 11.9 Å². The average molecular weight is 236 g/mol. The fourth-order valence-corrected chi connectivity index (χ4v) is 1.52. The van der Waals surface area contributed by atoms with Crippen LogP contribution < -0.4 is 10.5 Å². The smallest absolute Gasteiger partial charge is 0.142 e. The Morgan fingerprint density at radius 2 is 2.12 bits per heavy atom. The predicted octanol–water partition coefficient (Wildman–Crippen LogP) is 2.60. The second-order valence-corrected chi connectivity index (χ2v) is 4.19. The molecule has 0 heterocycles. The standard InChI is InChI=1S/C13H20N2O2/c1-4-11(8-13(14)15-16)17-12-6-5-9(2)10(3)7-12/h5-7,11,16H,4,8H2,1-3H3,(H2,14,15). The van der Waals surface area contributed by atoms with E-state index in [4.69, 9.17) is 15.7 Å². The predicted molar refractivity (Wildman–Crippen MR) is 68.6 cm³/mol. The van der Waals surface area contributed by atoms with Crippen LogP contribution in [0, 0.1) is 13.8 Å². The van der Waals surface area contributed by atoms with E-state index in [9.17, 15) is 0 Å². The second kappa shape index (κ2) is 6.13. The van der Waals surface area contributed by atoms with Gasteiger partial charge in [0, 0.05) is 6.42 Å². The number of rotatable bonds is 5. The summed E-state index contributed by atoms with van der Waals surface area (Å²) in [5, 5.41) is 11.5. The van der Waals surface area contributed by atoms with Gasteiger partial charge in [0.2, 0.25) is 0 Å². The molecule has 0 saturated heterocycles. The molecule has 0 saturated carbocycles. The van der Waals surface area contributed by atoms with E-state index in [2.05, 4.69) is 12.1 Å². The lowest BCUT2D eigenvalue weighted by Gasteiger charge is -2.17. The first-order valence-corrected chi connectivity index (χ1v) is 5.77. The van der Waals surface area contributed by atoms with Crippen LogP contribution in [-0.4, -0.2) is 17.1 Å². The molecule has 1 unspecified atom stereocenters. The SMILES string of the molecule is CCC(C/C(N)=N/O)Oc1ccc(C)c(C)c1. The van der Waals surface area contributed by atoms with Crippen LogP contribution in [0.25, 0.3) is 0 Å². The van der Waals surface area contributed by atoms with Crippen molar-refractivity contribution in [2.75, 3.05) is 0 Å². The zero-order valence-electron chi connectivity index (χ0n) is 10.6. The zero-order chi connectivity index (χ0) is 12.8. The maximum atomic E-state index is 8.53. The van der Waals surface area contributed by atoms with Gasteiger partial charge < -0.3 is 15.7 Å². The van der Waals surface area contributed by atoms with Crippen LogP contribution in [0.15, 0.2) is 23.4 Å².